The summed E-state index contributed by atoms with van der Waals surface area (Å²) in [5.41, 5.74) is 0. The summed E-state index contributed by atoms with van der Waals surface area (Å²) < 4.78 is 30.7. The van der Waals surface area contributed by atoms with Crippen molar-refractivity contribution < 1.29 is 12.8 Å². The Labute approximate surface area is 103 Å². The smallest absolute Gasteiger partial charge is 0.212 e. The van der Waals surface area contributed by atoms with Crippen LogP contribution < -0.4 is 10.0 Å². The molecule has 0 radical (unpaired) electrons. The summed E-state index contributed by atoms with van der Waals surface area (Å²) in [5, 5.41) is 3.17. The molecule has 6 heteroatoms. The fraction of sp³-hybridized carbons (Fsp3) is 0.636. The minimum absolute atomic E-state index is 0.143. The van der Waals surface area contributed by atoms with Gasteiger partial charge >= 0.3 is 0 Å². The second kappa shape index (κ2) is 7.47. The van der Waals surface area contributed by atoms with Crippen molar-refractivity contribution in [2.24, 2.45) is 0 Å². The third kappa shape index (κ3) is 6.45. The van der Waals surface area contributed by atoms with Gasteiger partial charge in [0.05, 0.1) is 18.6 Å². The molecule has 0 amide bonds. The second-order valence-electron chi connectivity index (χ2n) is 3.82. The van der Waals surface area contributed by atoms with Gasteiger partial charge in [-0.15, -0.1) is 0 Å². The van der Waals surface area contributed by atoms with Crippen LogP contribution in [-0.4, -0.2) is 27.3 Å². The van der Waals surface area contributed by atoms with E-state index in [0.29, 0.717) is 12.2 Å². The number of sulfonamides is 1. The van der Waals surface area contributed by atoms with Gasteiger partial charge in [-0.3, -0.25) is 0 Å². The van der Waals surface area contributed by atoms with Gasteiger partial charge in [-0.2, -0.15) is 0 Å². The van der Waals surface area contributed by atoms with Crippen molar-refractivity contribution in [3.05, 3.63) is 24.2 Å². The topological polar surface area (TPSA) is 71.3 Å². The van der Waals surface area contributed by atoms with E-state index in [0.717, 1.165) is 19.5 Å². The van der Waals surface area contributed by atoms with Crippen molar-refractivity contribution in [3.63, 3.8) is 0 Å². The standard InChI is InChI=1S/C11H20N2O3S/c1-2-6-12-7-4-9-17(14,15)13-10-11-5-3-8-16-11/h3,5,8,12-13H,2,4,6-7,9-10H2,1H3. The summed E-state index contributed by atoms with van der Waals surface area (Å²) in [6.07, 6.45) is 3.20. The van der Waals surface area contributed by atoms with Gasteiger partial charge in [0.25, 0.3) is 0 Å². The first kappa shape index (κ1) is 14.2. The molecular weight excluding hydrogens is 240 g/mol. The Kier molecular flexibility index (Phi) is 6.25. The van der Waals surface area contributed by atoms with Crippen molar-refractivity contribution >= 4 is 10.0 Å². The Bertz CT molecular complexity index is 387. The van der Waals surface area contributed by atoms with Crippen LogP contribution in [-0.2, 0) is 16.6 Å². The normalized spacial score (nSPS) is 11.8. The third-order valence-electron chi connectivity index (χ3n) is 2.24. The Morgan fingerprint density at radius 3 is 2.82 bits per heavy atom. The summed E-state index contributed by atoms with van der Waals surface area (Å²) >= 11 is 0. The summed E-state index contributed by atoms with van der Waals surface area (Å²) in [4.78, 5) is 0. The van der Waals surface area contributed by atoms with Gasteiger partial charge in [0, 0.05) is 0 Å². The zero-order chi connectivity index (χ0) is 12.6. The predicted molar refractivity (Wildman–Crippen MR) is 67.1 cm³/mol. The van der Waals surface area contributed by atoms with Crippen LogP contribution in [0.5, 0.6) is 0 Å². The van der Waals surface area contributed by atoms with Crippen LogP contribution in [0.1, 0.15) is 25.5 Å². The Hall–Kier alpha value is -0.850. The first-order valence-electron chi connectivity index (χ1n) is 5.84. The van der Waals surface area contributed by atoms with E-state index in [1.165, 1.54) is 6.26 Å². The summed E-state index contributed by atoms with van der Waals surface area (Å²) in [5.74, 6) is 0.766. The first-order chi connectivity index (χ1) is 8.14. The lowest BCUT2D eigenvalue weighted by Gasteiger charge is -2.05. The van der Waals surface area contributed by atoms with E-state index < -0.39 is 10.0 Å². The van der Waals surface area contributed by atoms with Gasteiger partial charge in [-0.1, -0.05) is 6.92 Å². The minimum atomic E-state index is -3.19. The molecule has 0 spiro atoms. The average Bonchev–Trinajstić information content (AvgIpc) is 2.79. The molecule has 0 aliphatic heterocycles. The number of rotatable bonds is 9. The second-order valence-corrected chi connectivity index (χ2v) is 5.75. The maximum absolute atomic E-state index is 11.6. The zero-order valence-corrected chi connectivity index (χ0v) is 10.9. The number of hydrogen-bond acceptors (Lipinski definition) is 4. The van der Waals surface area contributed by atoms with E-state index in [1.54, 1.807) is 12.1 Å². The summed E-state index contributed by atoms with van der Waals surface area (Å²) in [7, 11) is -3.19. The number of nitrogens with one attached hydrogen (secondary N) is 2. The molecule has 1 aromatic rings. The molecule has 0 saturated carbocycles. The van der Waals surface area contributed by atoms with Crippen molar-refractivity contribution in [1.29, 1.82) is 0 Å². The lowest BCUT2D eigenvalue weighted by molar-refractivity contribution is 0.498. The highest BCUT2D eigenvalue weighted by atomic mass is 32.2. The molecule has 0 aliphatic rings. The van der Waals surface area contributed by atoms with Gasteiger partial charge in [0.2, 0.25) is 10.0 Å². The molecule has 5 nitrogen and oxygen atoms in total. The molecule has 1 heterocycles. The SMILES string of the molecule is CCCNCCCS(=O)(=O)NCc1ccco1. The molecule has 0 fully saturated rings. The molecule has 0 saturated heterocycles. The monoisotopic (exact) mass is 260 g/mol. The van der Waals surface area contributed by atoms with Crippen molar-refractivity contribution in [3.8, 4) is 0 Å². The van der Waals surface area contributed by atoms with Gasteiger partial charge in [-0.05, 0) is 38.1 Å². The summed E-state index contributed by atoms with van der Waals surface area (Å²) in [6.45, 7) is 3.96. The van der Waals surface area contributed by atoms with E-state index in [4.69, 9.17) is 4.42 Å². The Morgan fingerprint density at radius 2 is 2.18 bits per heavy atom. The Balaban J connectivity index is 2.17. The lowest BCUT2D eigenvalue weighted by Crippen LogP contribution is -2.28. The molecule has 0 atom stereocenters. The van der Waals surface area contributed by atoms with Crippen LogP contribution >= 0.6 is 0 Å². The van der Waals surface area contributed by atoms with Crippen LogP contribution in [0.25, 0.3) is 0 Å². The van der Waals surface area contributed by atoms with Crippen LogP contribution in [0.4, 0.5) is 0 Å². The molecule has 17 heavy (non-hydrogen) atoms. The number of furan rings is 1. The van der Waals surface area contributed by atoms with Crippen molar-refractivity contribution in [2.75, 3.05) is 18.8 Å². The van der Waals surface area contributed by atoms with E-state index in [9.17, 15) is 8.42 Å². The molecule has 1 rings (SSSR count). The van der Waals surface area contributed by atoms with E-state index >= 15 is 0 Å². The molecule has 2 N–H and O–H groups in total. The van der Waals surface area contributed by atoms with E-state index in [1.807, 2.05) is 0 Å². The zero-order valence-electron chi connectivity index (χ0n) is 10.1. The van der Waals surface area contributed by atoms with Gasteiger partial charge < -0.3 is 9.73 Å². The minimum Gasteiger partial charge on any atom is -0.468 e. The van der Waals surface area contributed by atoms with Crippen molar-refractivity contribution in [2.45, 2.75) is 26.3 Å². The van der Waals surface area contributed by atoms with Crippen molar-refractivity contribution in [1.82, 2.24) is 10.0 Å². The molecule has 1 aromatic heterocycles. The highest BCUT2D eigenvalue weighted by molar-refractivity contribution is 7.89. The molecule has 0 aromatic carbocycles. The number of hydrogen-bond donors (Lipinski definition) is 2. The third-order valence-corrected chi connectivity index (χ3v) is 3.65. The predicted octanol–water partition coefficient (Wildman–Crippen LogP) is 1.09. The quantitative estimate of drug-likeness (QED) is 0.652. The van der Waals surface area contributed by atoms with Crippen LogP contribution in [0, 0.1) is 0 Å². The van der Waals surface area contributed by atoms with E-state index in [-0.39, 0.29) is 12.3 Å². The molecule has 0 unspecified atom stereocenters. The summed E-state index contributed by atoms with van der Waals surface area (Å²) in [6, 6.07) is 3.48. The largest absolute Gasteiger partial charge is 0.468 e. The van der Waals surface area contributed by atoms with Gasteiger partial charge in [0.15, 0.2) is 0 Å². The van der Waals surface area contributed by atoms with Crippen LogP contribution in [0.2, 0.25) is 0 Å². The first-order valence-corrected chi connectivity index (χ1v) is 7.49. The van der Waals surface area contributed by atoms with Gasteiger partial charge in [0.1, 0.15) is 5.76 Å². The maximum atomic E-state index is 11.6. The highest BCUT2D eigenvalue weighted by Crippen LogP contribution is 2.00. The molecular formula is C11H20N2O3S. The van der Waals surface area contributed by atoms with Gasteiger partial charge in [-0.25, -0.2) is 13.1 Å². The highest BCUT2D eigenvalue weighted by Gasteiger charge is 2.09. The Morgan fingerprint density at radius 1 is 1.35 bits per heavy atom. The van der Waals surface area contributed by atoms with E-state index in [2.05, 4.69) is 17.0 Å². The molecule has 0 bridgehead atoms. The maximum Gasteiger partial charge on any atom is 0.212 e. The fourth-order valence-electron chi connectivity index (χ4n) is 1.36. The fourth-order valence-corrected chi connectivity index (χ4v) is 2.39. The molecule has 0 aliphatic carbocycles. The van der Waals surface area contributed by atoms with Crippen LogP contribution in [0.15, 0.2) is 22.8 Å². The average molecular weight is 260 g/mol. The lowest BCUT2D eigenvalue weighted by atomic mass is 10.4. The molecule has 98 valence electrons. The van der Waals surface area contributed by atoms with Crippen LogP contribution in [0.3, 0.4) is 0 Å².